The van der Waals surface area contributed by atoms with Gasteiger partial charge in [0.15, 0.2) is 5.54 Å². The number of hydrogen-bond donors (Lipinski definition) is 2. The summed E-state index contributed by atoms with van der Waals surface area (Å²) < 4.78 is 4.99. The van der Waals surface area contributed by atoms with Crippen molar-refractivity contribution in [1.82, 2.24) is 0 Å². The fourth-order valence-corrected chi connectivity index (χ4v) is 1.77. The molecule has 0 amide bonds. The molecule has 94 valence electrons. The summed E-state index contributed by atoms with van der Waals surface area (Å²) in [7, 11) is 1.48. The van der Waals surface area contributed by atoms with Crippen LogP contribution in [0.15, 0.2) is 24.3 Å². The topological polar surface area (TPSA) is 58.6 Å². The molecule has 0 heterocycles. The number of anilines is 1. The van der Waals surface area contributed by atoms with Crippen molar-refractivity contribution >= 4 is 23.3 Å². The van der Waals surface area contributed by atoms with Crippen LogP contribution in [0.5, 0.6) is 0 Å². The molecule has 1 unspecified atom stereocenters. The number of aliphatic carboxylic acids is 1. The minimum atomic E-state index is -1.13. The Balaban J connectivity index is 2.96. The Morgan fingerprint density at radius 3 is 2.76 bits per heavy atom. The van der Waals surface area contributed by atoms with Gasteiger partial charge in [0, 0.05) is 17.8 Å². The summed E-state index contributed by atoms with van der Waals surface area (Å²) in [6.45, 7) is 1.88. The van der Waals surface area contributed by atoms with E-state index in [1.165, 1.54) is 7.11 Å². The molecule has 17 heavy (non-hydrogen) atoms. The van der Waals surface area contributed by atoms with Gasteiger partial charge >= 0.3 is 5.97 Å². The SMILES string of the molecule is CCC(COC)(Nc1cccc(Cl)c1)C(=O)O. The summed E-state index contributed by atoms with van der Waals surface area (Å²) in [4.78, 5) is 11.4. The van der Waals surface area contributed by atoms with E-state index in [0.717, 1.165) is 0 Å². The number of rotatable bonds is 6. The molecule has 0 aliphatic heterocycles. The quantitative estimate of drug-likeness (QED) is 0.823. The van der Waals surface area contributed by atoms with Crippen LogP contribution in [0.25, 0.3) is 0 Å². The number of hydrogen-bond acceptors (Lipinski definition) is 3. The fourth-order valence-electron chi connectivity index (χ4n) is 1.58. The number of carboxylic acids is 1. The van der Waals surface area contributed by atoms with Crippen molar-refractivity contribution in [3.63, 3.8) is 0 Å². The Morgan fingerprint density at radius 2 is 2.29 bits per heavy atom. The van der Waals surface area contributed by atoms with E-state index in [-0.39, 0.29) is 6.61 Å². The zero-order valence-electron chi connectivity index (χ0n) is 9.87. The molecule has 4 nitrogen and oxygen atoms in total. The highest BCUT2D eigenvalue weighted by Gasteiger charge is 2.36. The summed E-state index contributed by atoms with van der Waals surface area (Å²) in [5.41, 5.74) is -0.460. The predicted octanol–water partition coefficient (Wildman–Crippen LogP) is 2.63. The third kappa shape index (κ3) is 3.35. The highest BCUT2D eigenvalue weighted by Crippen LogP contribution is 2.22. The molecular formula is C12H16ClNO3. The molecule has 1 aromatic carbocycles. The van der Waals surface area contributed by atoms with Crippen LogP contribution < -0.4 is 5.32 Å². The Kier molecular flexibility index (Phi) is 4.78. The van der Waals surface area contributed by atoms with E-state index in [0.29, 0.717) is 17.1 Å². The van der Waals surface area contributed by atoms with Crippen LogP contribution in [0.4, 0.5) is 5.69 Å². The number of carboxylic acid groups (broad SMARTS) is 1. The summed E-state index contributed by atoms with van der Waals surface area (Å²) in [5.74, 6) is -0.943. The van der Waals surface area contributed by atoms with Crippen LogP contribution >= 0.6 is 11.6 Å². The Labute approximate surface area is 106 Å². The largest absolute Gasteiger partial charge is 0.479 e. The van der Waals surface area contributed by atoms with Gasteiger partial charge in [0.1, 0.15) is 0 Å². The molecule has 0 saturated carbocycles. The summed E-state index contributed by atoms with van der Waals surface area (Å²) in [5, 5.41) is 12.8. The average Bonchev–Trinajstić information content (AvgIpc) is 2.28. The molecule has 1 atom stereocenters. The molecule has 0 aromatic heterocycles. The minimum absolute atomic E-state index is 0.0886. The van der Waals surface area contributed by atoms with Crippen molar-refractivity contribution in [2.75, 3.05) is 19.0 Å². The molecule has 1 rings (SSSR count). The highest BCUT2D eigenvalue weighted by atomic mass is 35.5. The normalized spacial score (nSPS) is 14.1. The van der Waals surface area contributed by atoms with Gasteiger partial charge in [0.2, 0.25) is 0 Å². The van der Waals surface area contributed by atoms with Crippen LogP contribution in [0, 0.1) is 0 Å². The lowest BCUT2D eigenvalue weighted by molar-refractivity contribution is -0.144. The number of halogens is 1. The predicted molar refractivity (Wildman–Crippen MR) is 67.6 cm³/mol. The van der Waals surface area contributed by atoms with Crippen molar-refractivity contribution in [2.24, 2.45) is 0 Å². The van der Waals surface area contributed by atoms with Gasteiger partial charge in [0.25, 0.3) is 0 Å². The number of methoxy groups -OCH3 is 1. The van der Waals surface area contributed by atoms with Gasteiger partial charge in [-0.05, 0) is 24.6 Å². The first-order chi connectivity index (χ1) is 8.04. The van der Waals surface area contributed by atoms with Gasteiger partial charge < -0.3 is 15.2 Å². The van der Waals surface area contributed by atoms with Gasteiger partial charge in [-0.15, -0.1) is 0 Å². The fraction of sp³-hybridized carbons (Fsp3) is 0.417. The van der Waals surface area contributed by atoms with E-state index in [4.69, 9.17) is 16.3 Å². The number of ether oxygens (including phenoxy) is 1. The molecular weight excluding hydrogens is 242 g/mol. The molecule has 0 fully saturated rings. The van der Waals surface area contributed by atoms with Crippen LogP contribution in [-0.2, 0) is 9.53 Å². The molecule has 0 aliphatic rings. The van der Waals surface area contributed by atoms with Gasteiger partial charge in [-0.1, -0.05) is 24.6 Å². The van der Waals surface area contributed by atoms with Crippen molar-refractivity contribution in [3.05, 3.63) is 29.3 Å². The second kappa shape index (κ2) is 5.89. The molecule has 0 aliphatic carbocycles. The molecule has 0 bridgehead atoms. The maximum atomic E-state index is 11.4. The van der Waals surface area contributed by atoms with E-state index in [1.807, 2.05) is 0 Å². The first kappa shape index (κ1) is 13.8. The van der Waals surface area contributed by atoms with Gasteiger partial charge in [-0.25, -0.2) is 4.79 Å². The number of carbonyl (C=O) groups is 1. The molecule has 5 heteroatoms. The Morgan fingerprint density at radius 1 is 1.59 bits per heavy atom. The van der Waals surface area contributed by atoms with E-state index in [2.05, 4.69) is 5.32 Å². The summed E-state index contributed by atoms with van der Waals surface area (Å²) in [6, 6.07) is 6.96. The van der Waals surface area contributed by atoms with Crippen molar-refractivity contribution in [3.8, 4) is 0 Å². The third-order valence-electron chi connectivity index (χ3n) is 2.61. The van der Waals surface area contributed by atoms with Crippen molar-refractivity contribution in [2.45, 2.75) is 18.9 Å². The number of benzene rings is 1. The third-order valence-corrected chi connectivity index (χ3v) is 2.85. The second-order valence-corrected chi connectivity index (χ2v) is 4.25. The van der Waals surface area contributed by atoms with E-state index in [1.54, 1.807) is 31.2 Å². The zero-order chi connectivity index (χ0) is 12.9. The average molecular weight is 258 g/mol. The van der Waals surface area contributed by atoms with Crippen molar-refractivity contribution < 1.29 is 14.6 Å². The van der Waals surface area contributed by atoms with Crippen molar-refractivity contribution in [1.29, 1.82) is 0 Å². The van der Waals surface area contributed by atoms with Crippen LogP contribution in [0.3, 0.4) is 0 Å². The lowest BCUT2D eigenvalue weighted by Gasteiger charge is -2.29. The molecule has 0 radical (unpaired) electrons. The molecule has 0 spiro atoms. The van der Waals surface area contributed by atoms with E-state index < -0.39 is 11.5 Å². The van der Waals surface area contributed by atoms with Gasteiger partial charge in [0.05, 0.1) is 6.61 Å². The van der Waals surface area contributed by atoms with Gasteiger partial charge in [-0.2, -0.15) is 0 Å². The van der Waals surface area contributed by atoms with Gasteiger partial charge in [-0.3, -0.25) is 0 Å². The second-order valence-electron chi connectivity index (χ2n) is 3.81. The standard InChI is InChI=1S/C12H16ClNO3/c1-3-12(8-17-2,11(15)16)14-10-6-4-5-9(13)7-10/h4-7,14H,3,8H2,1-2H3,(H,15,16). The zero-order valence-corrected chi connectivity index (χ0v) is 10.6. The minimum Gasteiger partial charge on any atom is -0.479 e. The summed E-state index contributed by atoms with van der Waals surface area (Å²) in [6.07, 6.45) is 0.405. The Hall–Kier alpha value is -1.26. The maximum absolute atomic E-state index is 11.4. The first-order valence-electron chi connectivity index (χ1n) is 5.30. The Bertz CT molecular complexity index is 397. The summed E-state index contributed by atoms with van der Waals surface area (Å²) >= 11 is 5.85. The lowest BCUT2D eigenvalue weighted by atomic mass is 9.97. The molecule has 0 saturated heterocycles. The van der Waals surface area contributed by atoms with E-state index in [9.17, 15) is 9.90 Å². The smallest absolute Gasteiger partial charge is 0.331 e. The highest BCUT2D eigenvalue weighted by molar-refractivity contribution is 6.30. The monoisotopic (exact) mass is 257 g/mol. The first-order valence-corrected chi connectivity index (χ1v) is 5.68. The lowest BCUT2D eigenvalue weighted by Crippen LogP contribution is -2.49. The number of nitrogens with one attached hydrogen (secondary N) is 1. The molecule has 2 N–H and O–H groups in total. The van der Waals surface area contributed by atoms with E-state index >= 15 is 0 Å². The van der Waals surface area contributed by atoms with Crippen LogP contribution in [0.1, 0.15) is 13.3 Å². The molecule has 1 aromatic rings. The van der Waals surface area contributed by atoms with Crippen LogP contribution in [0.2, 0.25) is 5.02 Å². The maximum Gasteiger partial charge on any atom is 0.331 e. The van der Waals surface area contributed by atoms with Crippen LogP contribution in [-0.4, -0.2) is 30.3 Å².